The standard InChI is InChI=1S/C20H13Br/c21-18-10-8-14(9-11-18)19-7-3-6-17-12-15-4-1-2-5-16(15)13-20(17)19/h1-13H. The van der Waals surface area contributed by atoms with Crippen LogP contribution in [-0.2, 0) is 0 Å². The van der Waals surface area contributed by atoms with E-state index < -0.39 is 0 Å². The van der Waals surface area contributed by atoms with Gasteiger partial charge in [-0.15, -0.1) is 0 Å². The summed E-state index contributed by atoms with van der Waals surface area (Å²) in [6, 6.07) is 28.1. The molecule has 0 bridgehead atoms. The molecule has 0 radical (unpaired) electrons. The molecule has 21 heavy (non-hydrogen) atoms. The summed E-state index contributed by atoms with van der Waals surface area (Å²) in [5.41, 5.74) is 2.53. The van der Waals surface area contributed by atoms with Crippen LogP contribution >= 0.6 is 15.9 Å². The van der Waals surface area contributed by atoms with Gasteiger partial charge in [0.1, 0.15) is 0 Å². The van der Waals surface area contributed by atoms with Crippen LogP contribution in [0.3, 0.4) is 0 Å². The first kappa shape index (κ1) is 12.6. The van der Waals surface area contributed by atoms with Gasteiger partial charge in [-0.2, -0.15) is 0 Å². The lowest BCUT2D eigenvalue weighted by Crippen LogP contribution is -1.82. The molecule has 4 aromatic rings. The summed E-state index contributed by atoms with van der Waals surface area (Å²) >= 11 is 3.50. The predicted octanol–water partition coefficient (Wildman–Crippen LogP) is 6.42. The summed E-state index contributed by atoms with van der Waals surface area (Å²) in [6.07, 6.45) is 0. The monoisotopic (exact) mass is 332 g/mol. The summed E-state index contributed by atoms with van der Waals surface area (Å²) in [5.74, 6) is 0. The second-order valence-corrected chi connectivity index (χ2v) is 6.15. The van der Waals surface area contributed by atoms with Crippen molar-refractivity contribution in [2.24, 2.45) is 0 Å². The number of hydrogen-bond donors (Lipinski definition) is 0. The van der Waals surface area contributed by atoms with E-state index in [1.165, 1.54) is 32.7 Å². The molecule has 0 fully saturated rings. The second-order valence-electron chi connectivity index (χ2n) is 5.23. The Bertz CT molecular complexity index is 937. The normalized spacial score (nSPS) is 11.1. The molecular weight excluding hydrogens is 320 g/mol. The van der Waals surface area contributed by atoms with Crippen molar-refractivity contribution in [3.8, 4) is 11.1 Å². The Morgan fingerprint density at radius 2 is 1.24 bits per heavy atom. The van der Waals surface area contributed by atoms with Crippen LogP contribution in [0.4, 0.5) is 0 Å². The van der Waals surface area contributed by atoms with Crippen molar-refractivity contribution in [1.82, 2.24) is 0 Å². The molecule has 0 saturated heterocycles. The van der Waals surface area contributed by atoms with E-state index in [1.54, 1.807) is 0 Å². The third-order valence-corrected chi connectivity index (χ3v) is 4.43. The number of rotatable bonds is 1. The Balaban J connectivity index is 2.04. The van der Waals surface area contributed by atoms with Gasteiger partial charge in [0, 0.05) is 4.47 Å². The molecule has 0 amide bonds. The fourth-order valence-electron chi connectivity index (χ4n) is 2.85. The topological polar surface area (TPSA) is 0 Å². The SMILES string of the molecule is Brc1ccc(-c2cccc3cc4ccccc4cc23)cc1. The van der Waals surface area contributed by atoms with E-state index >= 15 is 0 Å². The molecule has 0 spiro atoms. The Labute approximate surface area is 132 Å². The second kappa shape index (κ2) is 5.01. The zero-order chi connectivity index (χ0) is 14.2. The van der Waals surface area contributed by atoms with Crippen molar-refractivity contribution in [2.75, 3.05) is 0 Å². The molecule has 4 rings (SSSR count). The van der Waals surface area contributed by atoms with E-state index in [4.69, 9.17) is 0 Å². The van der Waals surface area contributed by atoms with Gasteiger partial charge in [-0.3, -0.25) is 0 Å². The van der Waals surface area contributed by atoms with E-state index in [0.717, 1.165) is 4.47 Å². The first-order valence-electron chi connectivity index (χ1n) is 6.99. The maximum atomic E-state index is 3.50. The van der Waals surface area contributed by atoms with Gasteiger partial charge >= 0.3 is 0 Å². The highest BCUT2D eigenvalue weighted by Gasteiger charge is 2.05. The molecule has 0 heterocycles. The van der Waals surface area contributed by atoms with Crippen LogP contribution in [0.1, 0.15) is 0 Å². The molecule has 100 valence electrons. The van der Waals surface area contributed by atoms with Crippen LogP contribution in [0.25, 0.3) is 32.7 Å². The summed E-state index contributed by atoms with van der Waals surface area (Å²) in [4.78, 5) is 0. The molecule has 0 aliphatic carbocycles. The lowest BCUT2D eigenvalue weighted by atomic mass is 9.96. The van der Waals surface area contributed by atoms with E-state index in [2.05, 4.69) is 94.8 Å². The quantitative estimate of drug-likeness (QED) is 0.352. The van der Waals surface area contributed by atoms with Gasteiger partial charge in [0.15, 0.2) is 0 Å². The van der Waals surface area contributed by atoms with Gasteiger partial charge in [0.05, 0.1) is 0 Å². The number of hydrogen-bond acceptors (Lipinski definition) is 0. The van der Waals surface area contributed by atoms with Gasteiger partial charge in [-0.1, -0.05) is 70.5 Å². The molecule has 1 heteroatoms. The van der Waals surface area contributed by atoms with E-state index in [1.807, 2.05) is 0 Å². The van der Waals surface area contributed by atoms with Crippen LogP contribution in [0, 0.1) is 0 Å². The van der Waals surface area contributed by atoms with Crippen molar-refractivity contribution in [3.63, 3.8) is 0 Å². The van der Waals surface area contributed by atoms with Crippen molar-refractivity contribution in [2.45, 2.75) is 0 Å². The Morgan fingerprint density at radius 1 is 0.571 bits per heavy atom. The lowest BCUT2D eigenvalue weighted by Gasteiger charge is -2.09. The van der Waals surface area contributed by atoms with Gasteiger partial charge in [-0.05, 0) is 56.9 Å². The van der Waals surface area contributed by atoms with Crippen LogP contribution in [-0.4, -0.2) is 0 Å². The highest BCUT2D eigenvalue weighted by atomic mass is 79.9. The zero-order valence-corrected chi connectivity index (χ0v) is 13.0. The van der Waals surface area contributed by atoms with Crippen LogP contribution in [0.15, 0.2) is 83.3 Å². The summed E-state index contributed by atoms with van der Waals surface area (Å²) in [5, 5.41) is 5.17. The summed E-state index contributed by atoms with van der Waals surface area (Å²) in [6.45, 7) is 0. The molecule has 0 unspecified atom stereocenters. The molecule has 0 saturated carbocycles. The smallest absolute Gasteiger partial charge is 0.0175 e. The van der Waals surface area contributed by atoms with E-state index in [-0.39, 0.29) is 0 Å². The van der Waals surface area contributed by atoms with Gasteiger partial charge in [0.2, 0.25) is 0 Å². The first-order chi connectivity index (χ1) is 10.3. The molecule has 0 aromatic heterocycles. The minimum absolute atomic E-state index is 1.11. The van der Waals surface area contributed by atoms with Gasteiger partial charge in [-0.25, -0.2) is 0 Å². The summed E-state index contributed by atoms with van der Waals surface area (Å²) < 4.78 is 1.11. The minimum atomic E-state index is 1.11. The van der Waals surface area contributed by atoms with Gasteiger partial charge in [0.25, 0.3) is 0 Å². The largest absolute Gasteiger partial charge is 0.0616 e. The zero-order valence-electron chi connectivity index (χ0n) is 11.4. The fraction of sp³-hybridized carbons (Fsp3) is 0. The highest BCUT2D eigenvalue weighted by molar-refractivity contribution is 9.10. The van der Waals surface area contributed by atoms with E-state index in [0.29, 0.717) is 0 Å². The van der Waals surface area contributed by atoms with Crippen molar-refractivity contribution >= 4 is 37.5 Å². The number of fused-ring (bicyclic) bond motifs is 2. The molecule has 0 nitrogen and oxygen atoms in total. The van der Waals surface area contributed by atoms with Gasteiger partial charge < -0.3 is 0 Å². The molecule has 0 aliphatic heterocycles. The molecule has 0 atom stereocenters. The third kappa shape index (κ3) is 2.24. The number of benzene rings is 4. The third-order valence-electron chi connectivity index (χ3n) is 3.90. The van der Waals surface area contributed by atoms with Crippen LogP contribution < -0.4 is 0 Å². The number of halogens is 1. The maximum absolute atomic E-state index is 3.50. The average Bonchev–Trinajstić information content (AvgIpc) is 2.53. The predicted molar refractivity (Wildman–Crippen MR) is 94.6 cm³/mol. The molecular formula is C20H13Br. The minimum Gasteiger partial charge on any atom is -0.0616 e. The van der Waals surface area contributed by atoms with E-state index in [9.17, 15) is 0 Å². The molecule has 0 N–H and O–H groups in total. The van der Waals surface area contributed by atoms with Crippen molar-refractivity contribution in [3.05, 3.63) is 83.3 Å². The van der Waals surface area contributed by atoms with Crippen molar-refractivity contribution in [1.29, 1.82) is 0 Å². The maximum Gasteiger partial charge on any atom is 0.0175 e. The molecule has 4 aromatic carbocycles. The first-order valence-corrected chi connectivity index (χ1v) is 7.78. The van der Waals surface area contributed by atoms with Crippen LogP contribution in [0.2, 0.25) is 0 Å². The Kier molecular flexibility index (Phi) is 3.01. The fourth-order valence-corrected chi connectivity index (χ4v) is 3.11. The lowest BCUT2D eigenvalue weighted by molar-refractivity contribution is 1.62. The Hall–Kier alpha value is -2.12. The van der Waals surface area contributed by atoms with Crippen LogP contribution in [0.5, 0.6) is 0 Å². The highest BCUT2D eigenvalue weighted by Crippen LogP contribution is 2.32. The van der Waals surface area contributed by atoms with Crippen molar-refractivity contribution < 1.29 is 0 Å². The molecule has 0 aliphatic rings. The average molecular weight is 333 g/mol. The Morgan fingerprint density at radius 3 is 2.00 bits per heavy atom. The summed E-state index contributed by atoms with van der Waals surface area (Å²) in [7, 11) is 0.